The summed E-state index contributed by atoms with van der Waals surface area (Å²) in [6.45, 7) is 6.56. The van der Waals surface area contributed by atoms with Crippen LogP contribution in [0.25, 0.3) is 0 Å². The van der Waals surface area contributed by atoms with Crippen LogP contribution in [-0.2, 0) is 22.5 Å². The van der Waals surface area contributed by atoms with Crippen LogP contribution in [0.15, 0.2) is 28.8 Å². The fourth-order valence-corrected chi connectivity index (χ4v) is 2.56. The summed E-state index contributed by atoms with van der Waals surface area (Å²) < 4.78 is 10.4. The van der Waals surface area contributed by atoms with Crippen molar-refractivity contribution in [3.8, 4) is 5.75 Å². The van der Waals surface area contributed by atoms with Crippen LogP contribution in [0, 0.1) is 0 Å². The van der Waals surface area contributed by atoms with Crippen molar-refractivity contribution in [1.29, 1.82) is 0 Å². The summed E-state index contributed by atoms with van der Waals surface area (Å²) in [7, 11) is 1.62. The Bertz CT molecular complexity index is 680. The second-order valence-corrected chi connectivity index (χ2v) is 7.37. The quantitative estimate of drug-likeness (QED) is 0.828. The molecule has 1 aromatic carbocycles. The molecule has 2 rings (SSSR count). The molecule has 0 saturated heterocycles. The average Bonchev–Trinajstić information content (AvgIpc) is 3.02. The lowest BCUT2D eigenvalue weighted by molar-refractivity contribution is -0.118. The molecule has 0 saturated carbocycles. The summed E-state index contributed by atoms with van der Waals surface area (Å²) >= 11 is 1.45. The molecule has 0 radical (unpaired) electrons. The Hall–Kier alpha value is -2.02. The van der Waals surface area contributed by atoms with E-state index in [1.807, 2.05) is 45.0 Å². The molecule has 0 aliphatic heterocycles. The van der Waals surface area contributed by atoms with Crippen molar-refractivity contribution in [2.45, 2.75) is 38.5 Å². The first kappa shape index (κ1) is 18.3. The molecule has 2 aromatic rings. The van der Waals surface area contributed by atoms with E-state index >= 15 is 0 Å². The van der Waals surface area contributed by atoms with Crippen molar-refractivity contribution >= 4 is 17.7 Å². The van der Waals surface area contributed by atoms with E-state index in [0.717, 1.165) is 11.3 Å². The number of carbonyl (C=O) groups excluding carboxylic acids is 1. The number of rotatable bonds is 7. The first-order chi connectivity index (χ1) is 11.4. The molecule has 0 atom stereocenters. The number of thioether (sulfide) groups is 1. The number of nitrogens with one attached hydrogen (secondary N) is 1. The highest BCUT2D eigenvalue weighted by Gasteiger charge is 2.20. The molecule has 0 spiro atoms. The Morgan fingerprint density at radius 3 is 2.83 bits per heavy atom. The van der Waals surface area contributed by atoms with Gasteiger partial charge in [0.05, 0.1) is 18.6 Å². The highest BCUT2D eigenvalue weighted by Crippen LogP contribution is 2.20. The van der Waals surface area contributed by atoms with Crippen molar-refractivity contribution in [2.75, 3.05) is 12.9 Å². The van der Waals surface area contributed by atoms with E-state index in [2.05, 4.69) is 15.5 Å². The Balaban J connectivity index is 1.72. The van der Waals surface area contributed by atoms with Crippen LogP contribution in [0.4, 0.5) is 0 Å². The van der Waals surface area contributed by atoms with Crippen molar-refractivity contribution in [3.05, 3.63) is 41.5 Å². The van der Waals surface area contributed by atoms with Gasteiger partial charge in [0.25, 0.3) is 0 Å². The molecular formula is C17H23N3O3S. The fourth-order valence-electron chi connectivity index (χ4n) is 1.88. The van der Waals surface area contributed by atoms with Crippen molar-refractivity contribution in [2.24, 2.45) is 0 Å². The highest BCUT2D eigenvalue weighted by atomic mass is 32.2. The zero-order valence-electron chi connectivity index (χ0n) is 14.5. The number of aromatic nitrogens is 2. The van der Waals surface area contributed by atoms with Gasteiger partial charge in [0.1, 0.15) is 5.75 Å². The van der Waals surface area contributed by atoms with E-state index in [1.165, 1.54) is 11.8 Å². The fraction of sp³-hybridized carbons (Fsp3) is 0.471. The lowest BCUT2D eigenvalue weighted by Gasteiger charge is -2.10. The van der Waals surface area contributed by atoms with Crippen molar-refractivity contribution < 1.29 is 14.1 Å². The third-order valence-corrected chi connectivity index (χ3v) is 4.14. The molecule has 24 heavy (non-hydrogen) atoms. The topological polar surface area (TPSA) is 77.2 Å². The van der Waals surface area contributed by atoms with Crippen LogP contribution < -0.4 is 10.1 Å². The Morgan fingerprint density at radius 1 is 1.38 bits per heavy atom. The first-order valence-electron chi connectivity index (χ1n) is 7.69. The van der Waals surface area contributed by atoms with Gasteiger partial charge in [-0.15, -0.1) is 11.8 Å². The molecule has 1 N–H and O–H groups in total. The van der Waals surface area contributed by atoms with Gasteiger partial charge < -0.3 is 14.6 Å². The molecule has 0 bridgehead atoms. The van der Waals surface area contributed by atoms with E-state index < -0.39 is 0 Å². The number of benzene rings is 1. The Labute approximate surface area is 146 Å². The summed E-state index contributed by atoms with van der Waals surface area (Å²) in [6, 6.07) is 7.62. The zero-order valence-corrected chi connectivity index (χ0v) is 15.3. The van der Waals surface area contributed by atoms with E-state index in [1.54, 1.807) is 7.11 Å². The number of nitrogens with zero attached hydrogens (tertiary/aromatic N) is 2. The zero-order chi connectivity index (χ0) is 17.6. The standard InChI is InChI=1S/C17H23N3O3S/c1-17(2,3)16-19-15(23-20-16)11-24-10-14(21)18-9-12-6-5-7-13(8-12)22-4/h5-8H,9-11H2,1-4H3,(H,18,21). The van der Waals surface area contributed by atoms with Gasteiger partial charge in [-0.25, -0.2) is 0 Å². The van der Waals surface area contributed by atoms with Gasteiger partial charge in [-0.05, 0) is 17.7 Å². The molecule has 0 aliphatic rings. The van der Waals surface area contributed by atoms with Crippen molar-refractivity contribution in [3.63, 3.8) is 0 Å². The van der Waals surface area contributed by atoms with Crippen molar-refractivity contribution in [1.82, 2.24) is 15.5 Å². The lowest BCUT2D eigenvalue weighted by Crippen LogP contribution is -2.24. The summed E-state index contributed by atoms with van der Waals surface area (Å²) in [5, 5.41) is 6.85. The number of carbonyl (C=O) groups is 1. The number of methoxy groups -OCH3 is 1. The normalized spacial score (nSPS) is 11.3. The number of amides is 1. The van der Waals surface area contributed by atoms with Crippen LogP contribution in [0.5, 0.6) is 5.75 Å². The molecule has 0 fully saturated rings. The Kier molecular flexibility index (Phi) is 6.25. The maximum absolute atomic E-state index is 11.9. The van der Waals surface area contributed by atoms with Crippen LogP contribution in [0.1, 0.15) is 38.0 Å². The van der Waals surface area contributed by atoms with E-state index in [4.69, 9.17) is 9.26 Å². The SMILES string of the molecule is COc1cccc(CNC(=O)CSCc2nc(C(C)(C)C)no2)c1. The maximum atomic E-state index is 11.9. The molecule has 6 nitrogen and oxygen atoms in total. The molecule has 7 heteroatoms. The maximum Gasteiger partial charge on any atom is 0.236 e. The van der Waals surface area contributed by atoms with Gasteiger partial charge in [0.15, 0.2) is 5.82 Å². The largest absolute Gasteiger partial charge is 0.497 e. The van der Waals surface area contributed by atoms with Gasteiger partial charge >= 0.3 is 0 Å². The molecule has 0 aliphatic carbocycles. The van der Waals surface area contributed by atoms with Gasteiger partial charge in [0.2, 0.25) is 11.8 Å². The van der Waals surface area contributed by atoms with Crippen LogP contribution in [0.3, 0.4) is 0 Å². The molecule has 0 unspecified atom stereocenters. The van der Waals surface area contributed by atoms with E-state index in [0.29, 0.717) is 29.8 Å². The molecule has 130 valence electrons. The van der Waals surface area contributed by atoms with E-state index in [9.17, 15) is 4.79 Å². The minimum absolute atomic E-state index is 0.0293. The third kappa shape index (κ3) is 5.56. The third-order valence-electron chi connectivity index (χ3n) is 3.22. The predicted octanol–water partition coefficient (Wildman–Crippen LogP) is 2.93. The summed E-state index contributed by atoms with van der Waals surface area (Å²) in [4.78, 5) is 16.2. The first-order valence-corrected chi connectivity index (χ1v) is 8.84. The average molecular weight is 349 g/mol. The molecule has 1 heterocycles. The lowest BCUT2D eigenvalue weighted by atomic mass is 9.96. The smallest absolute Gasteiger partial charge is 0.236 e. The summed E-state index contributed by atoms with van der Waals surface area (Å²) in [6.07, 6.45) is 0. The van der Waals surface area contributed by atoms with E-state index in [-0.39, 0.29) is 11.3 Å². The second-order valence-electron chi connectivity index (χ2n) is 6.38. The highest BCUT2D eigenvalue weighted by molar-refractivity contribution is 7.99. The van der Waals surface area contributed by atoms with Crippen LogP contribution >= 0.6 is 11.8 Å². The molecule has 1 aromatic heterocycles. The summed E-state index contributed by atoms with van der Waals surface area (Å²) in [5.74, 6) is 2.85. The summed E-state index contributed by atoms with van der Waals surface area (Å²) in [5.41, 5.74) is 0.861. The minimum Gasteiger partial charge on any atom is -0.497 e. The number of ether oxygens (including phenoxy) is 1. The minimum atomic E-state index is -0.138. The van der Waals surface area contributed by atoms with Gasteiger partial charge in [0, 0.05) is 12.0 Å². The molecular weight excluding hydrogens is 326 g/mol. The Morgan fingerprint density at radius 2 is 2.17 bits per heavy atom. The number of hydrogen-bond donors (Lipinski definition) is 1. The van der Waals surface area contributed by atoms with Crippen LogP contribution in [0.2, 0.25) is 0 Å². The van der Waals surface area contributed by atoms with Crippen LogP contribution in [-0.4, -0.2) is 28.9 Å². The van der Waals surface area contributed by atoms with Gasteiger partial charge in [-0.3, -0.25) is 4.79 Å². The number of hydrogen-bond acceptors (Lipinski definition) is 6. The predicted molar refractivity (Wildman–Crippen MR) is 94.0 cm³/mol. The molecule has 1 amide bonds. The van der Waals surface area contributed by atoms with Gasteiger partial charge in [-0.1, -0.05) is 38.1 Å². The monoisotopic (exact) mass is 349 g/mol. The second kappa shape index (κ2) is 8.19. The van der Waals surface area contributed by atoms with Gasteiger partial charge in [-0.2, -0.15) is 4.98 Å².